The summed E-state index contributed by atoms with van der Waals surface area (Å²) in [6.45, 7) is 5.51. The van der Waals surface area contributed by atoms with Gasteiger partial charge in [0.05, 0.1) is 5.02 Å². The third-order valence-electron chi connectivity index (χ3n) is 5.96. The first-order chi connectivity index (χ1) is 16.0. The first kappa shape index (κ1) is 23.1. The number of hydrogen-bond donors (Lipinski definition) is 2. The van der Waals surface area contributed by atoms with Gasteiger partial charge in [0.15, 0.2) is 0 Å². The first-order valence-electron chi connectivity index (χ1n) is 11.2. The van der Waals surface area contributed by atoms with Gasteiger partial charge < -0.3 is 19.9 Å². The molecule has 1 aromatic heterocycles. The molecule has 1 atom stereocenters. The molecule has 2 amide bonds. The Bertz CT molecular complexity index is 1110. The van der Waals surface area contributed by atoms with E-state index < -0.39 is 6.04 Å². The Kier molecular flexibility index (Phi) is 7.52. The fourth-order valence-electron chi connectivity index (χ4n) is 4.22. The molecule has 0 radical (unpaired) electrons. The third-order valence-corrected chi connectivity index (χ3v) is 6.27. The summed E-state index contributed by atoms with van der Waals surface area (Å²) >= 11 is 6.13. The molecular weight excluding hydrogens is 440 g/mol. The Morgan fingerprint density at radius 1 is 1.09 bits per heavy atom. The number of aromatic nitrogens is 1. The number of benzene rings is 2. The number of para-hydroxylation sites is 2. The number of rotatable bonds is 8. The molecule has 7 nitrogen and oxygen atoms in total. The van der Waals surface area contributed by atoms with Crippen LogP contribution in [0.2, 0.25) is 5.02 Å². The van der Waals surface area contributed by atoms with E-state index in [4.69, 9.17) is 16.3 Å². The van der Waals surface area contributed by atoms with Crippen LogP contribution in [0.3, 0.4) is 0 Å². The minimum atomic E-state index is -0.586. The highest BCUT2D eigenvalue weighted by Gasteiger charge is 2.29. The number of nitrogens with one attached hydrogen (secondary N) is 2. The lowest BCUT2D eigenvalue weighted by molar-refractivity contribution is -0.137. The second-order valence-corrected chi connectivity index (χ2v) is 8.67. The molecule has 4 rings (SSSR count). The Morgan fingerprint density at radius 3 is 2.58 bits per heavy atom. The van der Waals surface area contributed by atoms with Crippen LogP contribution in [0.25, 0.3) is 10.9 Å². The molecule has 2 N–H and O–H groups in total. The molecule has 33 heavy (non-hydrogen) atoms. The molecule has 1 saturated heterocycles. The summed E-state index contributed by atoms with van der Waals surface area (Å²) in [5.74, 6) is 0.439. The number of hydrogen-bond acceptors (Lipinski definition) is 4. The summed E-state index contributed by atoms with van der Waals surface area (Å²) in [4.78, 5) is 32.5. The maximum Gasteiger partial charge on any atom is 0.245 e. The molecule has 1 fully saturated rings. The lowest BCUT2D eigenvalue weighted by Crippen LogP contribution is -2.55. The fraction of sp³-hybridized carbons (Fsp3) is 0.360. The number of H-pyrrole nitrogens is 1. The second kappa shape index (κ2) is 10.7. The summed E-state index contributed by atoms with van der Waals surface area (Å²) in [5.41, 5.74) is 2.04. The quantitative estimate of drug-likeness (QED) is 0.532. The molecule has 1 aliphatic rings. The number of halogens is 1. The molecule has 8 heteroatoms. The van der Waals surface area contributed by atoms with Gasteiger partial charge in [-0.05, 0) is 23.8 Å². The molecule has 0 spiro atoms. The van der Waals surface area contributed by atoms with Gasteiger partial charge in [0, 0.05) is 63.2 Å². The zero-order chi connectivity index (χ0) is 23.2. The average Bonchev–Trinajstić information content (AvgIpc) is 3.22. The van der Waals surface area contributed by atoms with Crippen LogP contribution in [0.4, 0.5) is 0 Å². The van der Waals surface area contributed by atoms with Crippen molar-refractivity contribution in [1.29, 1.82) is 0 Å². The molecule has 0 bridgehead atoms. The summed E-state index contributed by atoms with van der Waals surface area (Å²) in [6, 6.07) is 14.8. The summed E-state index contributed by atoms with van der Waals surface area (Å²) in [6.07, 6.45) is 2.37. The Labute approximate surface area is 198 Å². The van der Waals surface area contributed by atoms with Gasteiger partial charge in [-0.15, -0.1) is 0 Å². The van der Waals surface area contributed by atoms with E-state index in [0.29, 0.717) is 36.9 Å². The van der Waals surface area contributed by atoms with Crippen LogP contribution < -0.4 is 10.1 Å². The molecule has 2 heterocycles. The molecule has 1 aliphatic heterocycles. The average molecular weight is 469 g/mol. The van der Waals surface area contributed by atoms with Crippen molar-refractivity contribution in [2.75, 3.05) is 39.3 Å². The second-order valence-electron chi connectivity index (χ2n) is 8.26. The number of nitrogens with zero attached hydrogens (tertiary/aromatic N) is 2. The monoisotopic (exact) mass is 468 g/mol. The number of fused-ring (bicyclic) bond motifs is 1. The van der Waals surface area contributed by atoms with Gasteiger partial charge in [-0.2, -0.15) is 0 Å². The van der Waals surface area contributed by atoms with Gasteiger partial charge in [0.25, 0.3) is 0 Å². The summed E-state index contributed by atoms with van der Waals surface area (Å²) < 4.78 is 5.79. The highest BCUT2D eigenvalue weighted by molar-refractivity contribution is 6.32. The van der Waals surface area contributed by atoms with Gasteiger partial charge in [0.1, 0.15) is 18.4 Å². The molecule has 0 saturated carbocycles. The molecule has 174 valence electrons. The van der Waals surface area contributed by atoms with Crippen molar-refractivity contribution in [1.82, 2.24) is 20.1 Å². The van der Waals surface area contributed by atoms with E-state index in [9.17, 15) is 9.59 Å². The third kappa shape index (κ3) is 5.86. The predicted octanol–water partition coefficient (Wildman–Crippen LogP) is 3.09. The van der Waals surface area contributed by atoms with E-state index >= 15 is 0 Å². The first-order valence-corrected chi connectivity index (χ1v) is 11.6. The van der Waals surface area contributed by atoms with Gasteiger partial charge in [0.2, 0.25) is 11.8 Å². The topological polar surface area (TPSA) is 77.7 Å². The zero-order valence-electron chi connectivity index (χ0n) is 18.7. The lowest BCUT2D eigenvalue weighted by Gasteiger charge is -2.36. The van der Waals surface area contributed by atoms with E-state index in [1.807, 2.05) is 59.6 Å². The minimum Gasteiger partial charge on any atom is -0.491 e. The van der Waals surface area contributed by atoms with Gasteiger partial charge >= 0.3 is 0 Å². The number of carbonyl (C=O) groups excluding carboxylic acids is 2. The van der Waals surface area contributed by atoms with Crippen molar-refractivity contribution in [2.45, 2.75) is 19.4 Å². The van der Waals surface area contributed by atoms with Crippen molar-refractivity contribution in [3.05, 3.63) is 65.3 Å². The van der Waals surface area contributed by atoms with Gasteiger partial charge in [-0.3, -0.25) is 14.5 Å². The van der Waals surface area contributed by atoms with Crippen molar-refractivity contribution >= 4 is 34.3 Å². The van der Waals surface area contributed by atoms with E-state index in [2.05, 4.69) is 15.2 Å². The van der Waals surface area contributed by atoms with Crippen molar-refractivity contribution < 1.29 is 14.3 Å². The van der Waals surface area contributed by atoms with Crippen LogP contribution in [-0.2, 0) is 16.0 Å². The van der Waals surface area contributed by atoms with Crippen LogP contribution in [0, 0.1) is 0 Å². The fourth-order valence-corrected chi connectivity index (χ4v) is 4.41. The zero-order valence-corrected chi connectivity index (χ0v) is 19.5. The molecule has 3 aromatic rings. The molecule has 0 unspecified atom stereocenters. The lowest BCUT2D eigenvalue weighted by atomic mass is 10.0. The predicted molar refractivity (Wildman–Crippen MR) is 130 cm³/mol. The molecule has 0 aliphatic carbocycles. The maximum atomic E-state index is 13.3. The van der Waals surface area contributed by atoms with Gasteiger partial charge in [-0.1, -0.05) is 41.9 Å². The SMILES string of the molecule is CC(=O)N[C@@H](Cc1c[nH]c2ccccc12)C(=O)N1CCN(CCOc2ccccc2Cl)CC1. The summed E-state index contributed by atoms with van der Waals surface area (Å²) in [7, 11) is 0. The van der Waals surface area contributed by atoms with E-state index in [1.165, 1.54) is 6.92 Å². The van der Waals surface area contributed by atoms with E-state index in [1.54, 1.807) is 0 Å². The van der Waals surface area contributed by atoms with Crippen LogP contribution in [0.15, 0.2) is 54.7 Å². The van der Waals surface area contributed by atoms with Crippen LogP contribution in [0.1, 0.15) is 12.5 Å². The van der Waals surface area contributed by atoms with Crippen molar-refractivity contribution in [2.24, 2.45) is 0 Å². The number of amides is 2. The Morgan fingerprint density at radius 2 is 1.82 bits per heavy atom. The van der Waals surface area contributed by atoms with Crippen LogP contribution in [0.5, 0.6) is 5.75 Å². The normalized spacial score (nSPS) is 15.4. The highest BCUT2D eigenvalue weighted by Crippen LogP contribution is 2.23. The standard InChI is InChI=1S/C25H29ClN4O3/c1-18(31)28-23(16-19-17-27-22-8-4-2-6-20(19)22)25(32)30-12-10-29(11-13-30)14-15-33-24-9-5-3-7-21(24)26/h2-9,17,23,27H,10-16H2,1H3,(H,28,31)/t23-/m0/s1. The minimum absolute atomic E-state index is 0.0394. The van der Waals surface area contributed by atoms with Crippen LogP contribution >= 0.6 is 11.6 Å². The van der Waals surface area contributed by atoms with Crippen LogP contribution in [-0.4, -0.2) is 72.0 Å². The Hall–Kier alpha value is -3.03. The number of aromatic amines is 1. The summed E-state index contributed by atoms with van der Waals surface area (Å²) in [5, 5.41) is 4.54. The van der Waals surface area contributed by atoms with Crippen molar-refractivity contribution in [3.63, 3.8) is 0 Å². The number of carbonyl (C=O) groups is 2. The largest absolute Gasteiger partial charge is 0.491 e. The van der Waals surface area contributed by atoms with Crippen molar-refractivity contribution in [3.8, 4) is 5.75 Å². The number of ether oxygens (including phenoxy) is 1. The Balaban J connectivity index is 1.31. The van der Waals surface area contributed by atoms with Gasteiger partial charge in [-0.25, -0.2) is 0 Å². The highest BCUT2D eigenvalue weighted by atomic mass is 35.5. The molecular formula is C25H29ClN4O3. The smallest absolute Gasteiger partial charge is 0.245 e. The maximum absolute atomic E-state index is 13.3. The van der Waals surface area contributed by atoms with E-state index in [-0.39, 0.29) is 11.8 Å². The molecule has 2 aromatic carbocycles. The number of piperazine rings is 1. The van der Waals surface area contributed by atoms with E-state index in [0.717, 1.165) is 36.1 Å².